The molecule has 0 atom stereocenters. The van der Waals surface area contributed by atoms with Crippen molar-refractivity contribution in [2.45, 2.75) is 20.8 Å². The predicted octanol–water partition coefficient (Wildman–Crippen LogP) is 2.51. The number of hydrogen-bond acceptors (Lipinski definition) is 2. The molecule has 0 bridgehead atoms. The van der Waals surface area contributed by atoms with Gasteiger partial charge in [0, 0.05) is 12.7 Å². The Kier molecular flexibility index (Phi) is 30.7. The minimum atomic E-state index is 0.605. The first-order chi connectivity index (χ1) is 6.35. The lowest BCUT2D eigenvalue weighted by Gasteiger charge is -1.80. The standard InChI is InChI=1S/C8H10O.C2H6.CH4O/c1-3-5-6-8(4-2)7-9;2*1-2/h3-7H,2H2,1H3;1-2H3;2H,1H3/b5-3-,8-6+;;. The Morgan fingerprint density at radius 3 is 2.00 bits per heavy atom. The van der Waals surface area contributed by atoms with Crippen LogP contribution in [0.25, 0.3) is 0 Å². The van der Waals surface area contributed by atoms with Gasteiger partial charge < -0.3 is 5.11 Å². The summed E-state index contributed by atoms with van der Waals surface area (Å²) >= 11 is 0. The van der Waals surface area contributed by atoms with Gasteiger partial charge in [0.05, 0.1) is 0 Å². The van der Waals surface area contributed by atoms with Crippen LogP contribution in [0.4, 0.5) is 0 Å². The molecule has 0 saturated heterocycles. The zero-order valence-electron chi connectivity index (χ0n) is 8.95. The molecule has 0 aromatic rings. The normalized spacial score (nSPS) is 9.15. The summed E-state index contributed by atoms with van der Waals surface area (Å²) in [6.45, 7) is 9.34. The molecule has 2 nitrogen and oxygen atoms in total. The first-order valence-corrected chi connectivity index (χ1v) is 4.20. The fraction of sp³-hybridized carbons (Fsp3) is 0.364. The molecule has 76 valence electrons. The number of carbonyl (C=O) groups is 1. The van der Waals surface area contributed by atoms with E-state index in [1.165, 1.54) is 6.08 Å². The SMILES string of the molecule is C=C/C(C=O)=C\C=C/C.CC.CO. The summed E-state index contributed by atoms with van der Waals surface area (Å²) in [5.41, 5.74) is 0.605. The Morgan fingerprint density at radius 2 is 1.77 bits per heavy atom. The van der Waals surface area contributed by atoms with Crippen molar-refractivity contribution in [3.05, 3.63) is 36.5 Å². The summed E-state index contributed by atoms with van der Waals surface area (Å²) < 4.78 is 0. The fourth-order valence-corrected chi connectivity index (χ4v) is 0.363. The highest BCUT2D eigenvalue weighted by atomic mass is 16.2. The van der Waals surface area contributed by atoms with Crippen LogP contribution >= 0.6 is 0 Å². The van der Waals surface area contributed by atoms with Gasteiger partial charge in [-0.2, -0.15) is 0 Å². The van der Waals surface area contributed by atoms with Crippen LogP contribution in [0.3, 0.4) is 0 Å². The zero-order chi connectivity index (χ0) is 11.1. The Labute approximate surface area is 81.3 Å². The molecule has 1 N–H and O–H groups in total. The lowest BCUT2D eigenvalue weighted by Crippen LogP contribution is -1.74. The molecular formula is C11H20O2. The number of carbonyl (C=O) groups excluding carboxylic acids is 1. The quantitative estimate of drug-likeness (QED) is 0.415. The Balaban J connectivity index is -0.000000218. The van der Waals surface area contributed by atoms with E-state index in [9.17, 15) is 4.79 Å². The summed E-state index contributed by atoms with van der Waals surface area (Å²) in [5.74, 6) is 0. The van der Waals surface area contributed by atoms with Crippen molar-refractivity contribution < 1.29 is 9.90 Å². The molecule has 0 spiro atoms. The number of aldehydes is 1. The largest absolute Gasteiger partial charge is 0.400 e. The lowest BCUT2D eigenvalue weighted by molar-refractivity contribution is -0.104. The summed E-state index contributed by atoms with van der Waals surface area (Å²) in [6.07, 6.45) is 7.65. The van der Waals surface area contributed by atoms with E-state index >= 15 is 0 Å². The van der Waals surface area contributed by atoms with Gasteiger partial charge in [-0.3, -0.25) is 4.79 Å². The zero-order valence-corrected chi connectivity index (χ0v) is 8.95. The maximum atomic E-state index is 10.1. The monoisotopic (exact) mass is 184 g/mol. The van der Waals surface area contributed by atoms with Gasteiger partial charge in [0.2, 0.25) is 0 Å². The third-order valence-corrected chi connectivity index (χ3v) is 0.853. The van der Waals surface area contributed by atoms with E-state index in [1.54, 1.807) is 12.2 Å². The van der Waals surface area contributed by atoms with Crippen LogP contribution in [-0.4, -0.2) is 18.5 Å². The van der Waals surface area contributed by atoms with E-state index in [1.807, 2.05) is 26.8 Å². The molecule has 13 heavy (non-hydrogen) atoms. The van der Waals surface area contributed by atoms with Gasteiger partial charge in [-0.1, -0.05) is 44.7 Å². The second-order valence-electron chi connectivity index (χ2n) is 1.51. The van der Waals surface area contributed by atoms with Crippen molar-refractivity contribution in [3.8, 4) is 0 Å². The van der Waals surface area contributed by atoms with Crippen LogP contribution in [0.2, 0.25) is 0 Å². The predicted molar refractivity (Wildman–Crippen MR) is 58.6 cm³/mol. The van der Waals surface area contributed by atoms with Crippen molar-refractivity contribution in [1.82, 2.24) is 0 Å². The van der Waals surface area contributed by atoms with Crippen molar-refractivity contribution in [2.75, 3.05) is 7.11 Å². The molecule has 0 aliphatic rings. The van der Waals surface area contributed by atoms with E-state index < -0.39 is 0 Å². The Bertz CT molecular complexity index is 145. The first kappa shape index (κ1) is 17.8. The van der Waals surface area contributed by atoms with Crippen LogP contribution in [0.1, 0.15) is 20.8 Å². The van der Waals surface area contributed by atoms with E-state index in [0.717, 1.165) is 13.4 Å². The van der Waals surface area contributed by atoms with Crippen molar-refractivity contribution in [1.29, 1.82) is 0 Å². The minimum Gasteiger partial charge on any atom is -0.400 e. The first-order valence-electron chi connectivity index (χ1n) is 4.20. The second kappa shape index (κ2) is 22.4. The van der Waals surface area contributed by atoms with E-state index in [4.69, 9.17) is 5.11 Å². The van der Waals surface area contributed by atoms with Crippen molar-refractivity contribution >= 4 is 6.29 Å². The summed E-state index contributed by atoms with van der Waals surface area (Å²) in [5, 5.41) is 7.00. The molecule has 0 rings (SSSR count). The second-order valence-corrected chi connectivity index (χ2v) is 1.51. The van der Waals surface area contributed by atoms with Gasteiger partial charge in [-0.05, 0) is 6.92 Å². The van der Waals surface area contributed by atoms with Crippen LogP contribution in [0.15, 0.2) is 36.5 Å². The average Bonchev–Trinajstić information content (AvgIpc) is 2.25. The number of aliphatic hydroxyl groups excluding tert-OH is 1. The smallest absolute Gasteiger partial charge is 0.150 e. The van der Waals surface area contributed by atoms with Crippen LogP contribution in [0, 0.1) is 0 Å². The summed E-state index contributed by atoms with van der Waals surface area (Å²) in [4.78, 5) is 10.1. The Morgan fingerprint density at radius 1 is 1.31 bits per heavy atom. The molecule has 0 amide bonds. The maximum absolute atomic E-state index is 10.1. The van der Waals surface area contributed by atoms with Gasteiger partial charge in [-0.15, -0.1) is 0 Å². The van der Waals surface area contributed by atoms with E-state index in [2.05, 4.69) is 6.58 Å². The highest BCUT2D eigenvalue weighted by Crippen LogP contribution is 1.89. The molecule has 0 saturated carbocycles. The van der Waals surface area contributed by atoms with Crippen molar-refractivity contribution in [3.63, 3.8) is 0 Å². The van der Waals surface area contributed by atoms with Crippen LogP contribution < -0.4 is 0 Å². The molecule has 2 heteroatoms. The summed E-state index contributed by atoms with van der Waals surface area (Å²) in [7, 11) is 1.00. The van der Waals surface area contributed by atoms with Crippen LogP contribution in [-0.2, 0) is 4.79 Å². The fourth-order valence-electron chi connectivity index (χ4n) is 0.363. The van der Waals surface area contributed by atoms with Gasteiger partial charge in [0.25, 0.3) is 0 Å². The van der Waals surface area contributed by atoms with Gasteiger partial charge in [0.1, 0.15) is 6.29 Å². The van der Waals surface area contributed by atoms with Crippen molar-refractivity contribution in [2.24, 2.45) is 0 Å². The summed E-state index contributed by atoms with van der Waals surface area (Å²) in [6, 6.07) is 0. The molecule has 0 aliphatic heterocycles. The molecule has 0 fully saturated rings. The van der Waals surface area contributed by atoms with Gasteiger partial charge in [-0.25, -0.2) is 0 Å². The van der Waals surface area contributed by atoms with Crippen LogP contribution in [0.5, 0.6) is 0 Å². The lowest BCUT2D eigenvalue weighted by atomic mass is 10.2. The minimum absolute atomic E-state index is 0.605. The Hall–Kier alpha value is -1.15. The van der Waals surface area contributed by atoms with Gasteiger partial charge >= 0.3 is 0 Å². The van der Waals surface area contributed by atoms with Gasteiger partial charge in [0.15, 0.2) is 0 Å². The molecule has 0 radical (unpaired) electrons. The number of allylic oxidation sites excluding steroid dienone is 5. The number of rotatable bonds is 3. The molecule has 0 heterocycles. The topological polar surface area (TPSA) is 37.3 Å². The molecule has 0 unspecified atom stereocenters. The van der Waals surface area contributed by atoms with E-state index in [0.29, 0.717) is 5.57 Å². The molecule has 0 aromatic carbocycles. The number of hydrogen-bond donors (Lipinski definition) is 1. The average molecular weight is 184 g/mol. The maximum Gasteiger partial charge on any atom is 0.150 e. The molecular weight excluding hydrogens is 164 g/mol. The number of aliphatic hydroxyl groups is 1. The molecule has 0 aliphatic carbocycles. The van der Waals surface area contributed by atoms with E-state index in [-0.39, 0.29) is 0 Å². The molecule has 0 aromatic heterocycles. The highest BCUT2D eigenvalue weighted by molar-refractivity contribution is 5.77. The highest BCUT2D eigenvalue weighted by Gasteiger charge is 1.79. The third kappa shape index (κ3) is 18.1. The third-order valence-electron chi connectivity index (χ3n) is 0.853.